The molecule has 0 aromatic carbocycles. The Labute approximate surface area is 286 Å². The van der Waals surface area contributed by atoms with E-state index in [9.17, 15) is 9.59 Å². The lowest BCUT2D eigenvalue weighted by Crippen LogP contribution is -2.16. The number of carbonyl (C=O) groups excluding carboxylic acids is 1. The molecule has 1 atom stereocenters. The Morgan fingerprint density at radius 3 is 1.35 bits per heavy atom. The van der Waals surface area contributed by atoms with Gasteiger partial charge in [-0.15, -0.1) is 0 Å². The smallest absolute Gasteiger partial charge is 0.306 e. The predicted molar refractivity (Wildman–Crippen MR) is 199 cm³/mol. The maximum Gasteiger partial charge on any atom is 0.306 e. The molecule has 0 aromatic rings. The van der Waals surface area contributed by atoms with Crippen LogP contribution in [0.5, 0.6) is 0 Å². The van der Waals surface area contributed by atoms with Crippen molar-refractivity contribution in [3.63, 3.8) is 0 Å². The molecule has 0 saturated heterocycles. The minimum absolute atomic E-state index is 0.0597. The zero-order valence-electron chi connectivity index (χ0n) is 30.6. The molecule has 46 heavy (non-hydrogen) atoms. The van der Waals surface area contributed by atoms with Crippen LogP contribution in [0.1, 0.15) is 213 Å². The molecule has 4 nitrogen and oxygen atoms in total. The predicted octanol–water partition coefficient (Wildman–Crippen LogP) is 13.8. The molecule has 0 radical (unpaired) electrons. The Hall–Kier alpha value is -1.84. The number of unbranched alkanes of at least 4 members (excludes halogenated alkanes) is 23. The summed E-state index contributed by atoms with van der Waals surface area (Å²) in [6, 6.07) is 0. The topological polar surface area (TPSA) is 63.6 Å². The first-order valence-corrected chi connectivity index (χ1v) is 20.0. The molecule has 0 fully saturated rings. The molecule has 0 rings (SSSR count). The van der Waals surface area contributed by atoms with Crippen molar-refractivity contribution in [1.29, 1.82) is 0 Å². The molecule has 0 aliphatic carbocycles. The number of allylic oxidation sites excluding steroid dienone is 5. The number of hydrogen-bond acceptors (Lipinski definition) is 3. The van der Waals surface area contributed by atoms with Crippen LogP contribution in [-0.2, 0) is 14.3 Å². The highest BCUT2D eigenvalue weighted by Gasteiger charge is 2.11. The second-order valence-corrected chi connectivity index (χ2v) is 13.4. The molecule has 1 unspecified atom stereocenters. The van der Waals surface area contributed by atoms with Gasteiger partial charge in [-0.25, -0.2) is 0 Å². The number of ether oxygens (including phenoxy) is 1. The van der Waals surface area contributed by atoms with Gasteiger partial charge in [-0.1, -0.05) is 185 Å². The monoisotopic (exact) mass is 645 g/mol. The van der Waals surface area contributed by atoms with Gasteiger partial charge in [0.15, 0.2) is 0 Å². The van der Waals surface area contributed by atoms with Crippen LogP contribution in [0.2, 0.25) is 0 Å². The second-order valence-electron chi connectivity index (χ2n) is 13.4. The zero-order chi connectivity index (χ0) is 33.6. The van der Waals surface area contributed by atoms with Gasteiger partial charge < -0.3 is 9.84 Å². The molecule has 0 heterocycles. The number of carbonyl (C=O) groups is 2. The summed E-state index contributed by atoms with van der Waals surface area (Å²) in [5.41, 5.74) is 0. The maximum atomic E-state index is 12.6. The van der Waals surface area contributed by atoms with Crippen molar-refractivity contribution >= 4 is 11.9 Å². The summed E-state index contributed by atoms with van der Waals surface area (Å²) in [6.45, 7) is 4.43. The number of esters is 1. The Bertz CT molecular complexity index is 738. The molecule has 0 aliphatic rings. The third-order valence-corrected chi connectivity index (χ3v) is 8.86. The van der Waals surface area contributed by atoms with Gasteiger partial charge in [-0.3, -0.25) is 9.59 Å². The van der Waals surface area contributed by atoms with Crippen molar-refractivity contribution in [2.45, 2.75) is 219 Å². The number of aliphatic carboxylic acids is 1. The Morgan fingerprint density at radius 2 is 0.891 bits per heavy atom. The van der Waals surface area contributed by atoms with E-state index >= 15 is 0 Å². The summed E-state index contributed by atoms with van der Waals surface area (Å²) in [5, 5.41) is 8.77. The maximum absolute atomic E-state index is 12.6. The van der Waals surface area contributed by atoms with Gasteiger partial charge in [0.2, 0.25) is 0 Å². The first kappa shape index (κ1) is 44.2. The lowest BCUT2D eigenvalue weighted by Gasteiger charge is -2.14. The SMILES string of the molecule is CC/C=C\C/C=C\C/C=C\C(CCCCCCCCC(=O)O)OC(=O)CCCCCCCCCCCCCCCCCCCCC. The zero-order valence-corrected chi connectivity index (χ0v) is 30.6. The van der Waals surface area contributed by atoms with Crippen molar-refractivity contribution in [3.05, 3.63) is 36.5 Å². The molecule has 0 bridgehead atoms. The molecule has 4 heteroatoms. The number of rotatable bonds is 36. The summed E-state index contributed by atoms with van der Waals surface area (Å²) >= 11 is 0. The van der Waals surface area contributed by atoms with Crippen LogP contribution in [0.3, 0.4) is 0 Å². The molecule has 0 saturated carbocycles. The van der Waals surface area contributed by atoms with Crippen LogP contribution in [0.15, 0.2) is 36.5 Å². The average molecular weight is 645 g/mol. The van der Waals surface area contributed by atoms with Gasteiger partial charge in [0.1, 0.15) is 6.10 Å². The van der Waals surface area contributed by atoms with Crippen molar-refractivity contribution in [2.24, 2.45) is 0 Å². The summed E-state index contributed by atoms with van der Waals surface area (Å²) in [7, 11) is 0. The molecular weight excluding hydrogens is 568 g/mol. The fraction of sp³-hybridized carbons (Fsp3) is 0.810. The quantitative estimate of drug-likeness (QED) is 0.0419. The second kappa shape index (κ2) is 37.6. The van der Waals surface area contributed by atoms with Crippen molar-refractivity contribution in [3.8, 4) is 0 Å². The van der Waals surface area contributed by atoms with Crippen molar-refractivity contribution < 1.29 is 19.4 Å². The van der Waals surface area contributed by atoms with Gasteiger partial charge in [-0.05, 0) is 51.0 Å². The Morgan fingerprint density at radius 1 is 0.500 bits per heavy atom. The fourth-order valence-corrected chi connectivity index (χ4v) is 5.94. The third-order valence-electron chi connectivity index (χ3n) is 8.86. The van der Waals surface area contributed by atoms with Crippen molar-refractivity contribution in [2.75, 3.05) is 0 Å². The summed E-state index contributed by atoms with van der Waals surface area (Å²) in [6.07, 6.45) is 49.1. The normalized spacial score (nSPS) is 12.6. The van der Waals surface area contributed by atoms with E-state index < -0.39 is 5.97 Å². The van der Waals surface area contributed by atoms with E-state index in [1.54, 1.807) is 0 Å². The number of carboxylic acid groups (broad SMARTS) is 1. The average Bonchev–Trinajstić information content (AvgIpc) is 3.04. The minimum atomic E-state index is -0.705. The first-order chi connectivity index (χ1) is 22.6. The van der Waals surface area contributed by atoms with Crippen LogP contribution in [0.25, 0.3) is 0 Å². The van der Waals surface area contributed by atoms with E-state index in [1.807, 2.05) is 0 Å². The van der Waals surface area contributed by atoms with Crippen LogP contribution < -0.4 is 0 Å². The number of carboxylic acids is 1. The Balaban J connectivity index is 3.94. The van der Waals surface area contributed by atoms with E-state index in [4.69, 9.17) is 9.84 Å². The summed E-state index contributed by atoms with van der Waals surface area (Å²) in [4.78, 5) is 23.3. The lowest BCUT2D eigenvalue weighted by molar-refractivity contribution is -0.147. The molecule has 0 aromatic heterocycles. The number of hydrogen-bond donors (Lipinski definition) is 1. The first-order valence-electron chi connectivity index (χ1n) is 20.0. The van der Waals surface area contributed by atoms with Gasteiger partial charge in [-0.2, -0.15) is 0 Å². The molecule has 0 aliphatic heterocycles. The molecule has 0 amide bonds. The molecule has 1 N–H and O–H groups in total. The largest absolute Gasteiger partial charge is 0.481 e. The van der Waals surface area contributed by atoms with E-state index in [1.165, 1.54) is 109 Å². The lowest BCUT2D eigenvalue weighted by atomic mass is 10.0. The van der Waals surface area contributed by atoms with Gasteiger partial charge in [0.05, 0.1) is 0 Å². The van der Waals surface area contributed by atoms with E-state index in [0.717, 1.165) is 77.0 Å². The van der Waals surface area contributed by atoms with E-state index in [-0.39, 0.29) is 18.5 Å². The van der Waals surface area contributed by atoms with Crippen LogP contribution in [0.4, 0.5) is 0 Å². The Kier molecular flexibility index (Phi) is 36.1. The molecule has 268 valence electrons. The highest BCUT2D eigenvalue weighted by atomic mass is 16.5. The van der Waals surface area contributed by atoms with Gasteiger partial charge in [0.25, 0.3) is 0 Å². The van der Waals surface area contributed by atoms with Crippen LogP contribution in [-0.4, -0.2) is 23.1 Å². The molecular formula is C42H76O4. The van der Waals surface area contributed by atoms with Gasteiger partial charge in [0, 0.05) is 12.8 Å². The fourth-order valence-electron chi connectivity index (χ4n) is 5.94. The molecule has 0 spiro atoms. The van der Waals surface area contributed by atoms with Crippen molar-refractivity contribution in [1.82, 2.24) is 0 Å². The van der Waals surface area contributed by atoms with Crippen LogP contribution in [0, 0.1) is 0 Å². The highest BCUT2D eigenvalue weighted by Crippen LogP contribution is 2.17. The van der Waals surface area contributed by atoms with Gasteiger partial charge >= 0.3 is 11.9 Å². The standard InChI is InChI=1S/C42H76O4/c1-3-5-7-9-11-13-14-15-16-17-18-19-20-21-22-23-25-31-35-39-42(45)46-40(36-32-28-24-12-10-8-6-4-2)37-33-29-26-27-30-34-38-41(43)44/h6,8,12,24,32,36,40H,3-5,7,9-11,13-23,25-31,33-35,37-39H2,1-2H3,(H,43,44)/b8-6-,24-12-,36-32-. The van der Waals surface area contributed by atoms with Crippen LogP contribution >= 0.6 is 0 Å². The minimum Gasteiger partial charge on any atom is -0.481 e. The van der Waals surface area contributed by atoms with E-state index in [0.29, 0.717) is 6.42 Å². The summed E-state index contributed by atoms with van der Waals surface area (Å²) in [5.74, 6) is -0.764. The van der Waals surface area contributed by atoms with E-state index in [2.05, 4.69) is 50.3 Å². The third kappa shape index (κ3) is 36.6. The summed E-state index contributed by atoms with van der Waals surface area (Å²) < 4.78 is 5.89. The highest BCUT2D eigenvalue weighted by molar-refractivity contribution is 5.69.